The second-order valence-electron chi connectivity index (χ2n) is 19.8. The molecule has 2 aliphatic heterocycles. The van der Waals surface area contributed by atoms with Gasteiger partial charge in [0, 0.05) is 63.5 Å². The SMILES string of the molecule is CC(C)OC(=O)Cl.COc1c(Oc2ccc(S(=O)(=O)C3CC3)cc2Cl)ncnc1OC1CCN(C(=O)OC(C)(C)C)CC1.COc1c(Oc2ccc(S(=O)(=O)C3CC3)cc2Cl)ncnc1OC1CCN(C(=O)OC(C)C)CC1. The summed E-state index contributed by atoms with van der Waals surface area (Å²) in [4.78, 5) is 54.5. The van der Waals surface area contributed by atoms with Crippen LogP contribution < -0.4 is 28.4 Å². The highest BCUT2D eigenvalue weighted by atomic mass is 35.5. The van der Waals surface area contributed by atoms with E-state index in [1.165, 1.54) is 63.3 Å². The molecule has 0 radical (unpaired) electrons. The molecule has 2 saturated carbocycles. The molecule has 2 amide bonds. The van der Waals surface area contributed by atoms with E-state index in [2.05, 4.69) is 24.7 Å². The lowest BCUT2D eigenvalue weighted by Crippen LogP contribution is -2.44. The fourth-order valence-corrected chi connectivity index (χ4v) is 11.7. The van der Waals surface area contributed by atoms with Crippen LogP contribution in [0.1, 0.15) is 99.8 Å². The molecule has 0 spiro atoms. The smallest absolute Gasteiger partial charge is 0.410 e. The highest BCUT2D eigenvalue weighted by Crippen LogP contribution is 2.43. The number of benzene rings is 2. The Labute approximate surface area is 469 Å². The van der Waals surface area contributed by atoms with E-state index in [9.17, 15) is 31.2 Å². The lowest BCUT2D eigenvalue weighted by atomic mass is 10.1. The van der Waals surface area contributed by atoms with Gasteiger partial charge in [-0.3, -0.25) is 0 Å². The predicted molar refractivity (Wildman–Crippen MR) is 286 cm³/mol. The van der Waals surface area contributed by atoms with Gasteiger partial charge in [0.05, 0.1) is 56.8 Å². The molecule has 4 aromatic rings. The molecule has 4 heterocycles. The molecule has 27 heteroatoms. The number of carbonyl (C=O) groups is 3. The Hall–Kier alpha value is -5.82. The molecule has 4 fully saturated rings. The van der Waals surface area contributed by atoms with E-state index in [1.54, 1.807) is 23.6 Å². The van der Waals surface area contributed by atoms with Gasteiger partial charge in [0.2, 0.25) is 11.5 Å². The number of hydrogen-bond donors (Lipinski definition) is 0. The zero-order valence-electron chi connectivity index (χ0n) is 44.7. The van der Waals surface area contributed by atoms with Crippen molar-refractivity contribution >= 4 is 72.1 Å². The van der Waals surface area contributed by atoms with Gasteiger partial charge in [-0.25, -0.2) is 31.2 Å². The first-order chi connectivity index (χ1) is 36.8. The second-order valence-corrected chi connectivity index (χ2v) is 25.4. The zero-order chi connectivity index (χ0) is 57.1. The van der Waals surface area contributed by atoms with Crippen molar-refractivity contribution in [2.75, 3.05) is 40.4 Å². The first-order valence-electron chi connectivity index (χ1n) is 25.1. The number of piperidine rings is 2. The molecule has 4 aliphatic rings. The van der Waals surface area contributed by atoms with Crippen molar-refractivity contribution in [3.05, 3.63) is 59.1 Å². The minimum absolute atomic E-state index is 0.0772. The lowest BCUT2D eigenvalue weighted by molar-refractivity contribution is 0.0119. The van der Waals surface area contributed by atoms with Crippen LogP contribution in [-0.2, 0) is 33.9 Å². The van der Waals surface area contributed by atoms with Gasteiger partial charge in [-0.15, -0.1) is 0 Å². The van der Waals surface area contributed by atoms with Crippen LogP contribution in [0.15, 0.2) is 58.8 Å². The van der Waals surface area contributed by atoms with Crippen molar-refractivity contribution in [3.8, 4) is 46.5 Å². The molecule has 2 aliphatic carbocycles. The first kappa shape index (κ1) is 61.4. The summed E-state index contributed by atoms with van der Waals surface area (Å²) in [5.41, 5.74) is -1.29. The summed E-state index contributed by atoms with van der Waals surface area (Å²) in [6, 6.07) is 8.69. The topological polar surface area (TPSA) is 261 Å². The van der Waals surface area contributed by atoms with Crippen LogP contribution in [-0.4, -0.2) is 145 Å². The van der Waals surface area contributed by atoms with Gasteiger partial charge in [-0.2, -0.15) is 19.9 Å². The maximum Gasteiger partial charge on any atom is 0.410 e. The van der Waals surface area contributed by atoms with E-state index in [4.69, 9.17) is 72.7 Å². The average molecular weight is 1190 g/mol. The fourth-order valence-electron chi connectivity index (χ4n) is 7.60. The van der Waals surface area contributed by atoms with E-state index in [0.29, 0.717) is 77.5 Å². The van der Waals surface area contributed by atoms with E-state index in [-0.39, 0.29) is 113 Å². The van der Waals surface area contributed by atoms with Gasteiger partial charge < -0.3 is 52.4 Å². The summed E-state index contributed by atoms with van der Waals surface area (Å²) in [7, 11) is -3.87. The molecule has 0 bridgehead atoms. The maximum atomic E-state index is 12.5. The van der Waals surface area contributed by atoms with E-state index in [0.717, 1.165) is 0 Å². The third-order valence-electron chi connectivity index (χ3n) is 11.7. The van der Waals surface area contributed by atoms with E-state index in [1.807, 2.05) is 34.6 Å². The molecule has 2 aromatic carbocycles. The van der Waals surface area contributed by atoms with E-state index >= 15 is 0 Å². The molecule has 0 atom stereocenters. The van der Waals surface area contributed by atoms with Gasteiger partial charge in [0.1, 0.15) is 42.0 Å². The summed E-state index contributed by atoms with van der Waals surface area (Å²) in [5.74, 6) is 1.36. The number of aromatic nitrogens is 4. The maximum absolute atomic E-state index is 12.5. The quantitative estimate of drug-likeness (QED) is 0.0745. The number of amides is 2. The molecule has 428 valence electrons. The number of methoxy groups -OCH3 is 2. The Morgan fingerprint density at radius 2 is 0.949 bits per heavy atom. The third kappa shape index (κ3) is 17.3. The first-order valence-corrected chi connectivity index (χ1v) is 29.4. The van der Waals surface area contributed by atoms with Crippen molar-refractivity contribution in [1.82, 2.24) is 29.7 Å². The number of rotatable bonds is 16. The van der Waals surface area contributed by atoms with Crippen LogP contribution in [0.2, 0.25) is 10.0 Å². The highest BCUT2D eigenvalue weighted by molar-refractivity contribution is 7.92. The Kier molecular flexibility index (Phi) is 21.2. The van der Waals surface area contributed by atoms with Crippen LogP contribution in [0.5, 0.6) is 46.5 Å². The number of ether oxygens (including phenoxy) is 9. The Morgan fingerprint density at radius 3 is 1.26 bits per heavy atom. The molecular weight excluding hydrogens is 1120 g/mol. The summed E-state index contributed by atoms with van der Waals surface area (Å²) in [5, 5.41) is -0.400. The van der Waals surface area contributed by atoms with Crippen molar-refractivity contribution in [2.45, 2.75) is 150 Å². The summed E-state index contributed by atoms with van der Waals surface area (Å²) >= 11 is 17.5. The molecule has 2 aromatic heterocycles. The van der Waals surface area contributed by atoms with Crippen molar-refractivity contribution in [3.63, 3.8) is 0 Å². The van der Waals surface area contributed by atoms with Crippen LogP contribution in [0.3, 0.4) is 0 Å². The van der Waals surface area contributed by atoms with E-state index < -0.39 is 30.7 Å². The van der Waals surface area contributed by atoms with Crippen LogP contribution >= 0.6 is 34.8 Å². The molecular formula is C51H65Cl3N6O16S2. The number of likely N-dealkylation sites (tertiary alicyclic amines) is 2. The number of sulfone groups is 2. The Balaban J connectivity index is 0.000000225. The van der Waals surface area contributed by atoms with Gasteiger partial charge >= 0.3 is 17.6 Å². The zero-order valence-corrected chi connectivity index (χ0v) is 48.6. The number of halogens is 3. The normalized spacial score (nSPS) is 16.2. The summed E-state index contributed by atoms with van der Waals surface area (Å²) in [6.07, 6.45) is 6.25. The van der Waals surface area contributed by atoms with Crippen LogP contribution in [0.25, 0.3) is 0 Å². The van der Waals surface area contributed by atoms with Crippen molar-refractivity contribution < 1.29 is 73.9 Å². The number of carbonyl (C=O) groups excluding carboxylic acids is 3. The Morgan fingerprint density at radius 1 is 0.577 bits per heavy atom. The molecule has 0 unspecified atom stereocenters. The van der Waals surface area contributed by atoms with Gasteiger partial charge in [0.25, 0.3) is 23.5 Å². The van der Waals surface area contributed by atoms with Crippen molar-refractivity contribution in [1.29, 1.82) is 0 Å². The molecule has 78 heavy (non-hydrogen) atoms. The highest BCUT2D eigenvalue weighted by Gasteiger charge is 2.39. The predicted octanol–water partition coefficient (Wildman–Crippen LogP) is 10.7. The van der Waals surface area contributed by atoms with Gasteiger partial charge in [-0.1, -0.05) is 23.2 Å². The van der Waals surface area contributed by atoms with Gasteiger partial charge in [0.15, 0.2) is 19.7 Å². The van der Waals surface area contributed by atoms with Crippen LogP contribution in [0.4, 0.5) is 14.4 Å². The fraction of sp³-hybridized carbons (Fsp3) is 0.549. The largest absolute Gasteiger partial charge is 0.487 e. The van der Waals surface area contributed by atoms with Gasteiger partial charge in [-0.05, 0) is 111 Å². The molecule has 22 nitrogen and oxygen atoms in total. The average Bonchev–Trinajstić information content (AvgIpc) is 4.31. The van der Waals surface area contributed by atoms with Crippen LogP contribution in [0, 0.1) is 0 Å². The summed E-state index contributed by atoms with van der Waals surface area (Å²) in [6.45, 7) is 14.6. The minimum atomic E-state index is -3.38. The minimum Gasteiger partial charge on any atom is -0.487 e. The van der Waals surface area contributed by atoms with Crippen molar-refractivity contribution in [2.24, 2.45) is 0 Å². The molecule has 2 saturated heterocycles. The Bertz CT molecular complexity index is 2960. The molecule has 8 rings (SSSR count). The number of nitrogens with zero attached hydrogens (tertiary/aromatic N) is 6. The lowest BCUT2D eigenvalue weighted by Gasteiger charge is -2.33. The molecule has 0 N–H and O–H groups in total. The summed E-state index contributed by atoms with van der Waals surface area (Å²) < 4.78 is 99.7. The second kappa shape index (κ2) is 26.9. The number of hydrogen-bond acceptors (Lipinski definition) is 20. The standard InChI is InChI=1S/C24H30ClN3O7S.C23H28ClN3O7S.C4H7ClO2/c1-24(2,3)35-23(29)28-11-9-15(10-12-28)33-21-20(32-4)22(27-14-26-21)34-19-8-7-17(13-18(19)25)36(30,31)16-5-6-16;1-14(2)32-23(28)27-10-8-15(9-11-27)33-21-20(31-3)22(26-13-25-21)34-19-7-6-17(12-18(19)24)35(29,30)16-4-5-16;1-3(2)7-4(5)6/h7-8,13-16H,5-6,9-12H2,1-4H3;6-7,12-16H,4-5,8-11H2,1-3H3;3H,1-2H3. The third-order valence-corrected chi connectivity index (χ3v) is 16.9. The monoisotopic (exact) mass is 1190 g/mol.